The number of ketones is 1. The van der Waals surface area contributed by atoms with Crippen molar-refractivity contribution < 1.29 is 27.3 Å². The van der Waals surface area contributed by atoms with Crippen LogP contribution in [-0.2, 0) is 24.4 Å². The van der Waals surface area contributed by atoms with Gasteiger partial charge in [0.25, 0.3) is 10.1 Å². The highest BCUT2D eigenvalue weighted by atomic mass is 32.2. The second-order valence-electron chi connectivity index (χ2n) is 9.63. The molecular weight excluding hydrogens is 368 g/mol. The Bertz CT molecular complexity index is 658. The van der Waals surface area contributed by atoms with Crippen LogP contribution in [0.3, 0.4) is 0 Å². The van der Waals surface area contributed by atoms with Crippen LogP contribution in [0.5, 0.6) is 0 Å². The third-order valence-corrected chi connectivity index (χ3v) is 7.61. The van der Waals surface area contributed by atoms with Gasteiger partial charge in [0.05, 0.1) is 5.75 Å². The number of carbonyl (C=O) groups excluding carboxylic acids is 2. The van der Waals surface area contributed by atoms with Gasteiger partial charge in [0.15, 0.2) is 0 Å². The third-order valence-electron chi connectivity index (χ3n) is 6.80. The molecule has 4 fully saturated rings. The second kappa shape index (κ2) is 7.47. The van der Waals surface area contributed by atoms with Gasteiger partial charge < -0.3 is 4.74 Å². The van der Waals surface area contributed by atoms with E-state index in [2.05, 4.69) is 0 Å². The van der Waals surface area contributed by atoms with Gasteiger partial charge in [0.2, 0.25) is 0 Å². The van der Waals surface area contributed by atoms with Crippen molar-refractivity contribution in [3.8, 4) is 0 Å². The van der Waals surface area contributed by atoms with Gasteiger partial charge in [-0.3, -0.25) is 14.1 Å². The van der Waals surface area contributed by atoms with Crippen LogP contribution < -0.4 is 0 Å². The normalized spacial score (nSPS) is 32.5. The minimum absolute atomic E-state index is 0.163. The number of unbranched alkanes of at least 4 members (excludes halogenated alkanes) is 2. The maximum atomic E-state index is 12.9. The topological polar surface area (TPSA) is 97.7 Å². The number of esters is 1. The number of Topliss-reactive ketones (excluding diaryl/α,β-unsaturated/α-hetero) is 1. The maximum absolute atomic E-state index is 12.9. The van der Waals surface area contributed by atoms with Crippen LogP contribution in [-0.4, -0.2) is 36.1 Å². The van der Waals surface area contributed by atoms with E-state index >= 15 is 0 Å². The maximum Gasteiger partial charge on any atom is 0.319 e. The predicted octanol–water partition coefficient (Wildman–Crippen LogP) is 3.54. The summed E-state index contributed by atoms with van der Waals surface area (Å²) >= 11 is 0. The molecule has 6 nitrogen and oxygen atoms in total. The molecular formula is C20H32O6S. The van der Waals surface area contributed by atoms with Crippen LogP contribution in [0.15, 0.2) is 0 Å². The van der Waals surface area contributed by atoms with Gasteiger partial charge in [-0.2, -0.15) is 8.42 Å². The van der Waals surface area contributed by atoms with E-state index in [4.69, 9.17) is 9.29 Å². The van der Waals surface area contributed by atoms with Crippen molar-refractivity contribution in [1.82, 2.24) is 0 Å². The van der Waals surface area contributed by atoms with E-state index in [0.717, 1.165) is 19.3 Å². The first-order chi connectivity index (χ1) is 12.5. The Morgan fingerprint density at radius 1 is 1.00 bits per heavy atom. The largest absolute Gasteiger partial charge is 0.458 e. The van der Waals surface area contributed by atoms with Crippen molar-refractivity contribution in [3.05, 3.63) is 0 Å². The fourth-order valence-corrected chi connectivity index (χ4v) is 6.22. The summed E-state index contributed by atoms with van der Waals surface area (Å²) in [7, 11) is -3.95. The summed E-state index contributed by atoms with van der Waals surface area (Å²) in [6.45, 7) is 3.27. The number of hydrogen-bond donors (Lipinski definition) is 1. The number of carbonyl (C=O) groups is 2. The lowest BCUT2D eigenvalue weighted by molar-refractivity contribution is -0.196. The second-order valence-corrected chi connectivity index (χ2v) is 11.2. The monoisotopic (exact) mass is 400 g/mol. The average molecular weight is 401 g/mol. The van der Waals surface area contributed by atoms with E-state index in [-0.39, 0.29) is 23.6 Å². The molecule has 0 aromatic heterocycles. The molecule has 0 unspecified atom stereocenters. The lowest BCUT2D eigenvalue weighted by atomic mass is 9.54. The quantitative estimate of drug-likeness (QED) is 0.275. The summed E-state index contributed by atoms with van der Waals surface area (Å²) in [4.78, 5) is 25.4. The standard InChI is InChI=1S/C20H32O6S/c1-19(2,17(21)6-4-3-5-7-27(23,24)25)18(22)26-20-11-14-8-15(12-20)10-16(9-14)13-20/h14-16H,3-13H2,1-2H3,(H,23,24,25). The van der Waals surface area contributed by atoms with E-state index in [1.165, 1.54) is 19.3 Å². The zero-order chi connectivity index (χ0) is 19.9. The van der Waals surface area contributed by atoms with Crippen molar-refractivity contribution in [1.29, 1.82) is 0 Å². The SMILES string of the molecule is CC(C)(C(=O)CCCCCS(=O)(=O)O)C(=O)OC12CC3CC(CC(C3)C1)C2. The lowest BCUT2D eigenvalue weighted by Crippen LogP contribution is -2.54. The Hall–Kier alpha value is -0.950. The molecule has 0 atom stereocenters. The number of hydrogen-bond acceptors (Lipinski definition) is 5. The highest BCUT2D eigenvalue weighted by Crippen LogP contribution is 2.57. The summed E-state index contributed by atoms with van der Waals surface area (Å²) in [5, 5.41) is 0. The molecule has 0 radical (unpaired) electrons. The van der Waals surface area contributed by atoms with Crippen LogP contribution in [0.2, 0.25) is 0 Å². The van der Waals surface area contributed by atoms with E-state index < -0.39 is 21.5 Å². The van der Waals surface area contributed by atoms with Gasteiger partial charge in [-0.05, 0) is 83.0 Å². The summed E-state index contributed by atoms with van der Waals surface area (Å²) in [6, 6.07) is 0. The Labute approximate surface area is 162 Å². The van der Waals surface area contributed by atoms with Crippen molar-refractivity contribution in [3.63, 3.8) is 0 Å². The van der Waals surface area contributed by atoms with Crippen LogP contribution in [0.25, 0.3) is 0 Å². The number of rotatable bonds is 9. The highest BCUT2D eigenvalue weighted by Gasteiger charge is 2.54. The Morgan fingerprint density at radius 2 is 1.52 bits per heavy atom. The van der Waals surface area contributed by atoms with Gasteiger partial charge in [0, 0.05) is 6.42 Å². The first kappa shape index (κ1) is 20.8. The molecule has 0 aromatic carbocycles. The van der Waals surface area contributed by atoms with Crippen LogP contribution >= 0.6 is 0 Å². The Morgan fingerprint density at radius 3 is 2.00 bits per heavy atom. The Balaban J connectivity index is 1.50. The fraction of sp³-hybridized carbons (Fsp3) is 0.900. The van der Waals surface area contributed by atoms with Crippen molar-refractivity contribution in [2.45, 2.75) is 83.7 Å². The van der Waals surface area contributed by atoms with Crippen LogP contribution in [0.4, 0.5) is 0 Å². The summed E-state index contributed by atoms with van der Waals surface area (Å²) in [5.74, 6) is 1.15. The molecule has 4 saturated carbocycles. The molecule has 4 rings (SSSR count). The van der Waals surface area contributed by atoms with Gasteiger partial charge >= 0.3 is 5.97 Å². The zero-order valence-electron chi connectivity index (χ0n) is 16.4. The van der Waals surface area contributed by atoms with Crippen molar-refractivity contribution in [2.75, 3.05) is 5.75 Å². The molecule has 4 aliphatic carbocycles. The van der Waals surface area contributed by atoms with Gasteiger partial charge in [-0.1, -0.05) is 6.42 Å². The highest BCUT2D eigenvalue weighted by molar-refractivity contribution is 7.85. The number of ether oxygens (including phenoxy) is 1. The molecule has 7 heteroatoms. The average Bonchev–Trinajstić information content (AvgIpc) is 2.51. The van der Waals surface area contributed by atoms with Gasteiger partial charge in [-0.15, -0.1) is 0 Å². The molecule has 0 amide bonds. The first-order valence-electron chi connectivity index (χ1n) is 10.2. The summed E-state index contributed by atoms with van der Waals surface area (Å²) in [5.41, 5.74) is -1.52. The summed E-state index contributed by atoms with van der Waals surface area (Å²) < 4.78 is 36.2. The van der Waals surface area contributed by atoms with Crippen molar-refractivity contribution in [2.24, 2.45) is 23.2 Å². The van der Waals surface area contributed by atoms with Crippen LogP contribution in [0.1, 0.15) is 78.1 Å². The molecule has 4 aliphatic rings. The zero-order valence-corrected chi connectivity index (χ0v) is 17.2. The molecule has 27 heavy (non-hydrogen) atoms. The van der Waals surface area contributed by atoms with Crippen LogP contribution in [0, 0.1) is 23.2 Å². The fourth-order valence-electron chi connectivity index (χ4n) is 5.65. The first-order valence-corrected chi connectivity index (χ1v) is 11.8. The van der Waals surface area contributed by atoms with E-state index in [1.54, 1.807) is 13.8 Å². The van der Waals surface area contributed by atoms with Crippen molar-refractivity contribution >= 4 is 21.9 Å². The minimum atomic E-state index is -3.95. The molecule has 1 N–H and O–H groups in total. The lowest BCUT2D eigenvalue weighted by Gasteiger charge is -2.56. The molecule has 154 valence electrons. The molecule has 0 aliphatic heterocycles. The van der Waals surface area contributed by atoms with E-state index in [0.29, 0.717) is 37.0 Å². The molecule has 0 spiro atoms. The molecule has 4 bridgehead atoms. The van der Waals surface area contributed by atoms with Gasteiger partial charge in [0.1, 0.15) is 16.8 Å². The van der Waals surface area contributed by atoms with Gasteiger partial charge in [-0.25, -0.2) is 0 Å². The smallest absolute Gasteiger partial charge is 0.319 e. The molecule has 0 saturated heterocycles. The minimum Gasteiger partial charge on any atom is -0.458 e. The van der Waals surface area contributed by atoms with E-state index in [1.807, 2.05) is 0 Å². The van der Waals surface area contributed by atoms with E-state index in [9.17, 15) is 18.0 Å². The molecule has 0 heterocycles. The molecule has 0 aromatic rings. The predicted molar refractivity (Wildman–Crippen MR) is 101 cm³/mol. The summed E-state index contributed by atoms with van der Waals surface area (Å²) in [6.07, 6.45) is 8.20. The third kappa shape index (κ3) is 4.91. The Kier molecular flexibility index (Phi) is 5.75.